The molecule has 3 amide bonds. The highest BCUT2D eigenvalue weighted by Gasteiger charge is 2.60. The topological polar surface area (TPSA) is 776 Å². The predicted octanol–water partition coefficient (Wildman–Crippen LogP) is -20.2. The molecule has 0 aromatic heterocycles. The van der Waals surface area contributed by atoms with Gasteiger partial charge in [0.15, 0.2) is 50.3 Å². The fourth-order valence-corrected chi connectivity index (χ4v) is 14.0. The Balaban J connectivity index is 1.05. The van der Waals surface area contributed by atoms with E-state index in [1.807, 2.05) is 0 Å². The first-order valence-electron chi connectivity index (χ1n) is 34.7. The van der Waals surface area contributed by atoms with Crippen molar-refractivity contribution >= 4 is 17.7 Å². The van der Waals surface area contributed by atoms with E-state index >= 15 is 0 Å². The minimum absolute atomic E-state index is 0.707. The summed E-state index contributed by atoms with van der Waals surface area (Å²) in [4.78, 5) is 38.1. The number of carbonyl (C=O) groups excluding carboxylic acids is 3. The number of hydrogen-bond donors (Lipinski definition) is 29. The Morgan fingerprint density at radius 1 is 0.257 bits per heavy atom. The van der Waals surface area contributed by atoms with E-state index in [-0.39, 0.29) is 0 Å². The van der Waals surface area contributed by atoms with E-state index in [0.717, 1.165) is 20.8 Å². The molecule has 109 heavy (non-hydrogen) atoms. The molecule has 0 radical (unpaired) electrons. The summed E-state index contributed by atoms with van der Waals surface area (Å²) in [5.74, 6) is -2.58. The minimum Gasteiger partial charge on any atom is -0.394 e. The summed E-state index contributed by atoms with van der Waals surface area (Å²) in [5, 5.41) is 283. The average Bonchev–Trinajstić information content (AvgIpc) is 0.769. The quantitative estimate of drug-likeness (QED) is 0.0346. The van der Waals surface area contributed by atoms with Gasteiger partial charge in [0.05, 0.1) is 65.5 Å². The van der Waals surface area contributed by atoms with Crippen LogP contribution in [0.2, 0.25) is 0 Å². The molecule has 9 aliphatic rings. The molecule has 49 heteroatoms. The van der Waals surface area contributed by atoms with E-state index in [9.17, 15) is 142 Å². The van der Waals surface area contributed by atoms with E-state index in [0.29, 0.717) is 0 Å². The van der Waals surface area contributed by atoms with Crippen LogP contribution < -0.4 is 21.7 Å². The Morgan fingerprint density at radius 3 is 0.908 bits per heavy atom. The Bertz CT molecular complexity index is 2840. The van der Waals surface area contributed by atoms with Crippen LogP contribution in [0.5, 0.6) is 0 Å². The van der Waals surface area contributed by atoms with Gasteiger partial charge in [-0.3, -0.25) is 14.4 Å². The van der Waals surface area contributed by atoms with Gasteiger partial charge in [0.1, 0.15) is 220 Å². The van der Waals surface area contributed by atoms with Gasteiger partial charge in [-0.15, -0.1) is 0 Å². The molecule has 9 heterocycles. The minimum atomic E-state index is -2.56. The van der Waals surface area contributed by atoms with E-state index in [1.54, 1.807) is 0 Å². The number of nitrogens with two attached hydrogens (primary N) is 1. The van der Waals surface area contributed by atoms with Gasteiger partial charge in [-0.05, 0) is 0 Å². The molecule has 45 atom stereocenters. The van der Waals surface area contributed by atoms with Crippen LogP contribution in [0.15, 0.2) is 0 Å². The largest absolute Gasteiger partial charge is 0.394 e. The van der Waals surface area contributed by atoms with Crippen molar-refractivity contribution in [3.8, 4) is 0 Å². The molecule has 0 unspecified atom stereocenters. The molecule has 0 spiro atoms. The number of rotatable bonds is 28. The summed E-state index contributed by atoms with van der Waals surface area (Å²) in [6.07, 6.45) is -86.4. The Labute approximate surface area is 616 Å². The van der Waals surface area contributed by atoms with Crippen LogP contribution in [0.4, 0.5) is 0 Å². The molecule has 30 N–H and O–H groups in total. The summed E-state index contributed by atoms with van der Waals surface area (Å²) in [6, 6.07) is -5.26. The van der Waals surface area contributed by atoms with Crippen LogP contribution in [-0.2, 0) is 94.9 Å². The van der Waals surface area contributed by atoms with Gasteiger partial charge in [0.25, 0.3) is 0 Å². The number of carbonyl (C=O) groups is 3. The van der Waals surface area contributed by atoms with Crippen molar-refractivity contribution in [2.45, 2.75) is 297 Å². The molecule has 9 rings (SSSR count). The lowest BCUT2D eigenvalue weighted by atomic mass is 9.93. The van der Waals surface area contributed by atoms with Crippen molar-refractivity contribution in [3.63, 3.8) is 0 Å². The third-order valence-electron chi connectivity index (χ3n) is 20.0. The van der Waals surface area contributed by atoms with Crippen LogP contribution in [0.25, 0.3) is 0 Å². The van der Waals surface area contributed by atoms with E-state index in [1.165, 1.54) is 0 Å². The van der Waals surface area contributed by atoms with Crippen molar-refractivity contribution < 1.29 is 223 Å². The first-order valence-corrected chi connectivity index (χ1v) is 34.7. The SMILES string of the molecule is CC(=O)N[C@@H]1[C@@H](O)[C@H](O[C@@H]2O[C@H](CO)[C@@H](O[C@@H]3O[C@H](CO[C@H]4O[C@H](CO[C@H]5O[C@H](CO)[C@@H](O)[C@H](O)[C@@H]5O)[C@@H](O)[C@H](O[C@H]5O[C@H](CO)[C@@H](O)[C@H](O)[C@@H]5O)[C@@H]4O)[C@@H](O)[C@H](O[C@H]4O[C@H](CO)[C@@H](O)[C@H](O)[C@@H]4O[C@@H]4O[C@H](CO)[C@@H](O[C@@H]5O[C@H](CO)[C@H](O)[C@H](O)[C@H]5O)[C@H](O)[C@H]4NC(C)=O)[C@@H]3O)[C@H](O)[C@H]2NC(C)=O)[C@@H](CO)O[C@H]1N. The number of nitrogens with one attached hydrogen (secondary N) is 3. The molecular weight excluding hydrogens is 1500 g/mol. The standard InChI is InChI=1S/C60H102N4O45/c1-13(72)62-25-34(81)46(20(8-69)95-52(25)61)104-53-26(63-14(2)73)35(82)48(22(10-71)100-53)106-59-45(92)50(108-60-51(40(87)31(78)19(7-68)99-60)109-54-27(64-15(3)74)36(83)47(21(9-70)101-54)105-57-42(89)38(85)29(76)17(5-66)97-57)33(80)24(103-59)12-94-56-44(91)49(107-58-43(90)39(86)30(77)18(6-67)98-58)32(79)23(102-56)11-93-55-41(88)37(84)28(75)16(4-65)96-55/h16-60,65-71,75-92H,4-12,61H2,1-3H3,(H,62,72)(H,63,73)(H,64,74)/t16-,17-,18-,19-,20-,21-,22-,23-,24-,25-,26-,27-,28-,29+,30-,31-,32-,33-,34-,35-,36-,37+,38+,39+,40+,41+,42-,43+,44+,45+,46-,47-,48-,49+,50+,51+,52-,53+,54+,55+,56+,57+,58-,59+,60-/m1/s1. The maximum Gasteiger partial charge on any atom is 0.217 e. The fourth-order valence-electron chi connectivity index (χ4n) is 14.0. The van der Waals surface area contributed by atoms with Crippen LogP contribution in [0.3, 0.4) is 0 Å². The molecule has 9 aliphatic heterocycles. The molecule has 0 aromatic carbocycles. The number of hydrogen-bond acceptors (Lipinski definition) is 46. The highest BCUT2D eigenvalue weighted by atomic mass is 16.8. The van der Waals surface area contributed by atoms with Crippen molar-refractivity contribution in [2.75, 3.05) is 59.5 Å². The maximum atomic E-state index is 13.0. The molecular formula is C60H102N4O45. The summed E-state index contributed by atoms with van der Waals surface area (Å²) in [7, 11) is 0. The summed E-state index contributed by atoms with van der Waals surface area (Å²) >= 11 is 0. The second-order valence-electron chi connectivity index (χ2n) is 27.5. The van der Waals surface area contributed by atoms with Gasteiger partial charge in [-0.2, -0.15) is 0 Å². The molecule has 632 valence electrons. The molecule has 0 aliphatic carbocycles. The van der Waals surface area contributed by atoms with Crippen molar-refractivity contribution in [3.05, 3.63) is 0 Å². The van der Waals surface area contributed by atoms with E-state index in [2.05, 4.69) is 16.0 Å². The number of ether oxygens (including phenoxy) is 17. The molecule has 0 bridgehead atoms. The number of amides is 3. The monoisotopic (exact) mass is 1600 g/mol. The molecule has 0 aromatic rings. The third-order valence-corrected chi connectivity index (χ3v) is 20.0. The molecule has 0 saturated carbocycles. The second kappa shape index (κ2) is 39.1. The van der Waals surface area contributed by atoms with Gasteiger partial charge < -0.3 is 230 Å². The summed E-state index contributed by atoms with van der Waals surface area (Å²) < 4.78 is 99.8. The highest BCUT2D eigenvalue weighted by molar-refractivity contribution is 5.74. The summed E-state index contributed by atoms with van der Waals surface area (Å²) in [5.41, 5.74) is 6.06. The van der Waals surface area contributed by atoms with Crippen molar-refractivity contribution in [1.82, 2.24) is 16.0 Å². The second-order valence-corrected chi connectivity index (χ2v) is 27.5. The molecule has 49 nitrogen and oxygen atoms in total. The van der Waals surface area contributed by atoms with Gasteiger partial charge in [-0.25, -0.2) is 0 Å². The Hall–Kier alpha value is -3.31. The summed E-state index contributed by atoms with van der Waals surface area (Å²) in [6.45, 7) is -6.54. The third kappa shape index (κ3) is 19.7. The number of aliphatic hydroxyl groups is 25. The zero-order valence-electron chi connectivity index (χ0n) is 58.3. The zero-order valence-corrected chi connectivity index (χ0v) is 58.3. The van der Waals surface area contributed by atoms with Crippen LogP contribution in [0.1, 0.15) is 20.8 Å². The van der Waals surface area contributed by atoms with Gasteiger partial charge in [0.2, 0.25) is 17.7 Å². The molecule has 9 fully saturated rings. The van der Waals surface area contributed by atoms with Crippen LogP contribution in [0, 0.1) is 0 Å². The Kier molecular flexibility index (Phi) is 32.1. The van der Waals surface area contributed by atoms with Crippen molar-refractivity contribution in [2.24, 2.45) is 5.73 Å². The van der Waals surface area contributed by atoms with Crippen LogP contribution in [-0.4, -0.2) is 481 Å². The lowest BCUT2D eigenvalue weighted by molar-refractivity contribution is -0.398. The maximum absolute atomic E-state index is 13.0. The smallest absolute Gasteiger partial charge is 0.217 e. The zero-order chi connectivity index (χ0) is 80.2. The molecule has 9 saturated heterocycles. The normalized spacial score (nSPS) is 50.0. The lowest BCUT2D eigenvalue weighted by Gasteiger charge is -2.51. The van der Waals surface area contributed by atoms with Crippen molar-refractivity contribution in [1.29, 1.82) is 0 Å². The van der Waals surface area contributed by atoms with E-state index < -0.39 is 353 Å². The first-order chi connectivity index (χ1) is 51.6. The van der Waals surface area contributed by atoms with Gasteiger partial charge >= 0.3 is 0 Å². The predicted molar refractivity (Wildman–Crippen MR) is 334 cm³/mol. The van der Waals surface area contributed by atoms with Gasteiger partial charge in [0, 0.05) is 20.8 Å². The van der Waals surface area contributed by atoms with Gasteiger partial charge in [-0.1, -0.05) is 0 Å². The average molecular weight is 1600 g/mol. The Morgan fingerprint density at radius 2 is 0.514 bits per heavy atom. The van der Waals surface area contributed by atoms with E-state index in [4.69, 9.17) is 86.3 Å². The lowest BCUT2D eigenvalue weighted by Crippen LogP contribution is -2.71. The van der Waals surface area contributed by atoms with Crippen LogP contribution >= 0.6 is 0 Å². The first kappa shape index (κ1) is 89.6. The highest BCUT2D eigenvalue weighted by Crippen LogP contribution is 2.39. The fraction of sp³-hybridized carbons (Fsp3) is 0.950. The number of aliphatic hydroxyl groups excluding tert-OH is 25.